The maximum Gasteiger partial charge on any atom is 0.0196 e. The first-order chi connectivity index (χ1) is 5.29. The van der Waals surface area contributed by atoms with Gasteiger partial charge in [-0.15, -0.1) is 0 Å². The Morgan fingerprint density at radius 1 is 1.55 bits per heavy atom. The van der Waals surface area contributed by atoms with Gasteiger partial charge in [0.1, 0.15) is 0 Å². The van der Waals surface area contributed by atoms with Gasteiger partial charge in [-0.05, 0) is 23.5 Å². The van der Waals surface area contributed by atoms with Crippen LogP contribution in [0.15, 0.2) is 12.4 Å². The van der Waals surface area contributed by atoms with Crippen molar-refractivity contribution in [3.63, 3.8) is 0 Å². The third-order valence-corrected chi connectivity index (χ3v) is 2.23. The molecule has 1 atom stereocenters. The van der Waals surface area contributed by atoms with Gasteiger partial charge in [0.2, 0.25) is 0 Å². The Kier molecular flexibility index (Phi) is 2.71. The van der Waals surface area contributed by atoms with Crippen molar-refractivity contribution >= 4 is 0 Å². The molecular formula is C9H16N2. The zero-order valence-electron chi connectivity index (χ0n) is 7.22. The number of nitrogens with one attached hydrogen (secondary N) is 1. The fraction of sp³-hybridized carbons (Fsp3) is 0.556. The molecule has 1 aromatic heterocycles. The molecule has 0 aliphatic heterocycles. The van der Waals surface area contributed by atoms with Crippen LogP contribution >= 0.6 is 0 Å². The Balaban J connectivity index is 2.83. The van der Waals surface area contributed by atoms with Crippen LogP contribution in [0, 0.1) is 0 Å². The summed E-state index contributed by atoms with van der Waals surface area (Å²) in [5.41, 5.74) is 8.19. The molecule has 1 rings (SSSR count). The van der Waals surface area contributed by atoms with Gasteiger partial charge >= 0.3 is 0 Å². The third kappa shape index (κ3) is 1.63. The standard InChI is InChI=1S/C9H16N2/c1-3-7(2)9-6-11-5-8(9)4-10/h5-7,11H,3-4,10H2,1-2H3. The van der Waals surface area contributed by atoms with E-state index in [1.807, 2.05) is 6.20 Å². The molecule has 0 bridgehead atoms. The van der Waals surface area contributed by atoms with Crippen molar-refractivity contribution in [2.24, 2.45) is 5.73 Å². The molecular weight excluding hydrogens is 136 g/mol. The quantitative estimate of drug-likeness (QED) is 0.683. The first-order valence-electron chi connectivity index (χ1n) is 4.15. The lowest BCUT2D eigenvalue weighted by atomic mass is 9.98. The number of H-pyrrole nitrogens is 1. The molecule has 1 heterocycles. The van der Waals surface area contributed by atoms with Crippen LogP contribution in [0.5, 0.6) is 0 Å². The second-order valence-electron chi connectivity index (χ2n) is 2.95. The molecule has 2 heteroatoms. The Hall–Kier alpha value is -0.760. The minimum Gasteiger partial charge on any atom is -0.367 e. The summed E-state index contributed by atoms with van der Waals surface area (Å²) >= 11 is 0. The highest BCUT2D eigenvalue weighted by Gasteiger charge is 2.07. The number of aromatic nitrogens is 1. The monoisotopic (exact) mass is 152 g/mol. The topological polar surface area (TPSA) is 41.8 Å². The summed E-state index contributed by atoms with van der Waals surface area (Å²) in [6.07, 6.45) is 5.21. The average Bonchev–Trinajstić information content (AvgIpc) is 2.50. The zero-order valence-corrected chi connectivity index (χ0v) is 7.22. The van der Waals surface area contributed by atoms with E-state index in [0.29, 0.717) is 12.5 Å². The van der Waals surface area contributed by atoms with Gasteiger partial charge in [-0.25, -0.2) is 0 Å². The van der Waals surface area contributed by atoms with Gasteiger partial charge in [0.15, 0.2) is 0 Å². The molecule has 0 aliphatic rings. The van der Waals surface area contributed by atoms with Crippen molar-refractivity contribution in [1.82, 2.24) is 4.98 Å². The summed E-state index contributed by atoms with van der Waals surface area (Å²) in [6.45, 7) is 5.06. The molecule has 11 heavy (non-hydrogen) atoms. The van der Waals surface area contributed by atoms with E-state index >= 15 is 0 Å². The van der Waals surface area contributed by atoms with E-state index < -0.39 is 0 Å². The van der Waals surface area contributed by atoms with Gasteiger partial charge in [-0.3, -0.25) is 0 Å². The number of aromatic amines is 1. The summed E-state index contributed by atoms with van der Waals surface area (Å²) in [6, 6.07) is 0. The number of rotatable bonds is 3. The van der Waals surface area contributed by atoms with E-state index in [2.05, 4.69) is 25.0 Å². The van der Waals surface area contributed by atoms with E-state index in [0.717, 1.165) is 0 Å². The minimum absolute atomic E-state index is 0.625. The van der Waals surface area contributed by atoms with Gasteiger partial charge in [0.05, 0.1) is 0 Å². The molecule has 0 fully saturated rings. The lowest BCUT2D eigenvalue weighted by Crippen LogP contribution is -2.00. The molecule has 0 saturated carbocycles. The third-order valence-electron chi connectivity index (χ3n) is 2.23. The minimum atomic E-state index is 0.625. The van der Waals surface area contributed by atoms with Crippen molar-refractivity contribution in [1.29, 1.82) is 0 Å². The van der Waals surface area contributed by atoms with E-state index in [-0.39, 0.29) is 0 Å². The van der Waals surface area contributed by atoms with Crippen LogP contribution in [0.25, 0.3) is 0 Å². The highest BCUT2D eigenvalue weighted by Crippen LogP contribution is 2.21. The zero-order chi connectivity index (χ0) is 8.27. The number of hydrogen-bond donors (Lipinski definition) is 2. The van der Waals surface area contributed by atoms with Gasteiger partial charge in [0.25, 0.3) is 0 Å². The van der Waals surface area contributed by atoms with Gasteiger partial charge in [-0.2, -0.15) is 0 Å². The summed E-state index contributed by atoms with van der Waals surface area (Å²) < 4.78 is 0. The maximum atomic E-state index is 5.57. The fourth-order valence-corrected chi connectivity index (χ4v) is 1.26. The van der Waals surface area contributed by atoms with Gasteiger partial charge in [0, 0.05) is 18.9 Å². The molecule has 1 aromatic rings. The molecule has 0 saturated heterocycles. The van der Waals surface area contributed by atoms with Crippen LogP contribution in [0.3, 0.4) is 0 Å². The molecule has 0 amide bonds. The van der Waals surface area contributed by atoms with Crippen molar-refractivity contribution in [3.8, 4) is 0 Å². The van der Waals surface area contributed by atoms with Gasteiger partial charge < -0.3 is 10.7 Å². The summed E-state index contributed by atoms with van der Waals surface area (Å²) in [5.74, 6) is 0.625. The van der Waals surface area contributed by atoms with Crippen molar-refractivity contribution < 1.29 is 0 Å². The normalized spacial score (nSPS) is 13.4. The summed E-state index contributed by atoms with van der Waals surface area (Å²) in [7, 11) is 0. The molecule has 0 radical (unpaired) electrons. The van der Waals surface area contributed by atoms with Crippen LogP contribution in [-0.4, -0.2) is 4.98 Å². The Morgan fingerprint density at radius 3 is 2.82 bits per heavy atom. The largest absolute Gasteiger partial charge is 0.367 e. The average molecular weight is 152 g/mol. The smallest absolute Gasteiger partial charge is 0.0196 e. The predicted octanol–water partition coefficient (Wildman–Crippen LogP) is 1.99. The lowest BCUT2D eigenvalue weighted by Gasteiger charge is -2.07. The van der Waals surface area contributed by atoms with Crippen LogP contribution in [0.4, 0.5) is 0 Å². The fourth-order valence-electron chi connectivity index (χ4n) is 1.26. The van der Waals surface area contributed by atoms with Crippen LogP contribution in [-0.2, 0) is 6.54 Å². The summed E-state index contributed by atoms with van der Waals surface area (Å²) in [5, 5.41) is 0. The Labute approximate surface area is 67.8 Å². The lowest BCUT2D eigenvalue weighted by molar-refractivity contribution is 0.725. The van der Waals surface area contributed by atoms with Crippen LogP contribution in [0.1, 0.15) is 37.3 Å². The molecule has 2 nitrogen and oxygen atoms in total. The van der Waals surface area contributed by atoms with Crippen molar-refractivity contribution in [2.75, 3.05) is 0 Å². The molecule has 0 aromatic carbocycles. The highest BCUT2D eigenvalue weighted by atomic mass is 14.7. The first kappa shape index (κ1) is 8.34. The van der Waals surface area contributed by atoms with E-state index in [1.54, 1.807) is 0 Å². The molecule has 3 N–H and O–H groups in total. The van der Waals surface area contributed by atoms with E-state index in [4.69, 9.17) is 5.73 Å². The second-order valence-corrected chi connectivity index (χ2v) is 2.95. The van der Waals surface area contributed by atoms with Crippen LogP contribution in [0.2, 0.25) is 0 Å². The van der Waals surface area contributed by atoms with E-state index in [9.17, 15) is 0 Å². The predicted molar refractivity (Wildman–Crippen MR) is 47.4 cm³/mol. The van der Waals surface area contributed by atoms with Crippen LogP contribution < -0.4 is 5.73 Å². The number of nitrogens with two attached hydrogens (primary N) is 1. The second kappa shape index (κ2) is 3.58. The van der Waals surface area contributed by atoms with E-state index in [1.165, 1.54) is 17.5 Å². The summed E-state index contributed by atoms with van der Waals surface area (Å²) in [4.78, 5) is 3.08. The van der Waals surface area contributed by atoms with Crippen molar-refractivity contribution in [3.05, 3.63) is 23.5 Å². The Morgan fingerprint density at radius 2 is 2.27 bits per heavy atom. The first-order valence-corrected chi connectivity index (χ1v) is 4.15. The van der Waals surface area contributed by atoms with Crippen molar-refractivity contribution in [2.45, 2.75) is 32.7 Å². The molecule has 0 spiro atoms. The molecule has 0 aliphatic carbocycles. The highest BCUT2D eigenvalue weighted by molar-refractivity contribution is 5.26. The SMILES string of the molecule is CCC(C)c1c[nH]cc1CN. The molecule has 62 valence electrons. The van der Waals surface area contributed by atoms with Gasteiger partial charge in [-0.1, -0.05) is 13.8 Å². The molecule has 1 unspecified atom stereocenters. The number of hydrogen-bond acceptors (Lipinski definition) is 1. The Bertz CT molecular complexity index is 215. The maximum absolute atomic E-state index is 5.57.